The number of pyridine rings is 1. The molecule has 0 fully saturated rings. The first-order valence-electron chi connectivity index (χ1n) is 5.53. The summed E-state index contributed by atoms with van der Waals surface area (Å²) in [5.74, 6) is -0.0635. The van der Waals surface area contributed by atoms with Crippen molar-refractivity contribution in [1.29, 1.82) is 0 Å². The van der Waals surface area contributed by atoms with Crippen LogP contribution < -0.4 is 5.32 Å². The highest BCUT2D eigenvalue weighted by atomic mass is 16.1. The maximum Gasteiger partial charge on any atom is 0.267 e. The van der Waals surface area contributed by atoms with Gasteiger partial charge in [0.05, 0.1) is 11.0 Å². The van der Waals surface area contributed by atoms with E-state index in [4.69, 9.17) is 0 Å². The second kappa shape index (κ2) is 4.79. The van der Waals surface area contributed by atoms with E-state index in [0.717, 1.165) is 30.4 Å². The predicted molar refractivity (Wildman–Crippen MR) is 63.3 cm³/mol. The minimum Gasteiger partial charge on any atom is -0.351 e. The SMILES string of the molecule is CCCCNC(=O)c1cc2ncccc2[nH]1. The molecule has 0 aliphatic carbocycles. The van der Waals surface area contributed by atoms with Crippen LogP contribution in [0, 0.1) is 0 Å². The van der Waals surface area contributed by atoms with Crippen LogP contribution >= 0.6 is 0 Å². The lowest BCUT2D eigenvalue weighted by Gasteiger charge is -2.00. The van der Waals surface area contributed by atoms with Crippen molar-refractivity contribution in [3.05, 3.63) is 30.1 Å². The molecule has 0 bridgehead atoms. The predicted octanol–water partition coefficient (Wildman–Crippen LogP) is 2.09. The Morgan fingerprint density at radius 2 is 2.44 bits per heavy atom. The van der Waals surface area contributed by atoms with Crippen molar-refractivity contribution in [2.75, 3.05) is 6.54 Å². The van der Waals surface area contributed by atoms with Gasteiger partial charge in [-0.2, -0.15) is 0 Å². The van der Waals surface area contributed by atoms with Gasteiger partial charge in [-0.3, -0.25) is 9.78 Å². The van der Waals surface area contributed by atoms with E-state index in [9.17, 15) is 4.79 Å². The van der Waals surface area contributed by atoms with Crippen LogP contribution in [-0.2, 0) is 0 Å². The maximum absolute atomic E-state index is 11.7. The first kappa shape index (κ1) is 10.7. The van der Waals surface area contributed by atoms with Crippen molar-refractivity contribution in [1.82, 2.24) is 15.3 Å². The zero-order chi connectivity index (χ0) is 11.4. The lowest BCUT2D eigenvalue weighted by atomic mass is 10.3. The molecule has 0 saturated heterocycles. The van der Waals surface area contributed by atoms with Crippen molar-refractivity contribution < 1.29 is 4.79 Å². The second-order valence-electron chi connectivity index (χ2n) is 3.73. The van der Waals surface area contributed by atoms with Crippen molar-refractivity contribution in [2.45, 2.75) is 19.8 Å². The van der Waals surface area contributed by atoms with E-state index in [2.05, 4.69) is 22.2 Å². The highest BCUT2D eigenvalue weighted by Crippen LogP contribution is 2.11. The van der Waals surface area contributed by atoms with Crippen molar-refractivity contribution in [3.63, 3.8) is 0 Å². The average molecular weight is 217 g/mol. The quantitative estimate of drug-likeness (QED) is 0.770. The first-order chi connectivity index (χ1) is 7.81. The monoisotopic (exact) mass is 217 g/mol. The number of rotatable bonds is 4. The van der Waals surface area contributed by atoms with Crippen LogP contribution in [0.15, 0.2) is 24.4 Å². The van der Waals surface area contributed by atoms with Crippen LogP contribution in [0.2, 0.25) is 0 Å². The summed E-state index contributed by atoms with van der Waals surface area (Å²) in [7, 11) is 0. The van der Waals surface area contributed by atoms with Crippen LogP contribution in [0.5, 0.6) is 0 Å². The van der Waals surface area contributed by atoms with Crippen molar-refractivity contribution >= 4 is 16.9 Å². The molecule has 2 aromatic heterocycles. The van der Waals surface area contributed by atoms with E-state index in [1.165, 1.54) is 0 Å². The average Bonchev–Trinajstić information content (AvgIpc) is 2.73. The van der Waals surface area contributed by atoms with E-state index >= 15 is 0 Å². The molecule has 0 aromatic carbocycles. The van der Waals surface area contributed by atoms with E-state index in [0.29, 0.717) is 5.69 Å². The van der Waals surface area contributed by atoms with Crippen LogP contribution in [-0.4, -0.2) is 22.4 Å². The third kappa shape index (κ3) is 2.21. The maximum atomic E-state index is 11.7. The molecule has 4 nitrogen and oxygen atoms in total. The molecule has 2 N–H and O–H groups in total. The Bertz CT molecular complexity index is 457. The smallest absolute Gasteiger partial charge is 0.267 e. The number of carbonyl (C=O) groups is 1. The number of aromatic nitrogens is 2. The minimum absolute atomic E-state index is 0.0635. The summed E-state index contributed by atoms with van der Waals surface area (Å²) in [5, 5.41) is 2.86. The number of aromatic amines is 1. The second-order valence-corrected chi connectivity index (χ2v) is 3.73. The highest BCUT2D eigenvalue weighted by Gasteiger charge is 2.08. The molecule has 0 unspecified atom stereocenters. The van der Waals surface area contributed by atoms with Gasteiger partial charge < -0.3 is 10.3 Å². The Morgan fingerprint density at radius 1 is 1.56 bits per heavy atom. The zero-order valence-corrected chi connectivity index (χ0v) is 9.29. The highest BCUT2D eigenvalue weighted by molar-refractivity contribution is 5.96. The summed E-state index contributed by atoms with van der Waals surface area (Å²) in [4.78, 5) is 18.9. The van der Waals surface area contributed by atoms with E-state index < -0.39 is 0 Å². The Kier molecular flexibility index (Phi) is 3.19. The van der Waals surface area contributed by atoms with Crippen LogP contribution in [0.4, 0.5) is 0 Å². The lowest BCUT2D eigenvalue weighted by Crippen LogP contribution is -2.24. The normalized spacial score (nSPS) is 10.6. The van der Waals surface area contributed by atoms with Crippen LogP contribution in [0.3, 0.4) is 0 Å². The molecule has 0 saturated carbocycles. The molecule has 0 atom stereocenters. The summed E-state index contributed by atoms with van der Waals surface area (Å²) >= 11 is 0. The van der Waals surface area contributed by atoms with Crippen molar-refractivity contribution in [3.8, 4) is 0 Å². The molecule has 84 valence electrons. The summed E-state index contributed by atoms with van der Waals surface area (Å²) < 4.78 is 0. The number of hydrogen-bond acceptors (Lipinski definition) is 2. The number of H-pyrrole nitrogens is 1. The van der Waals surface area contributed by atoms with E-state index in [1.54, 1.807) is 12.3 Å². The molecule has 1 amide bonds. The molecule has 2 aromatic rings. The number of nitrogens with zero attached hydrogens (tertiary/aromatic N) is 1. The largest absolute Gasteiger partial charge is 0.351 e. The van der Waals surface area contributed by atoms with Gasteiger partial charge in [0.2, 0.25) is 0 Å². The van der Waals surface area contributed by atoms with Gasteiger partial charge in [-0.25, -0.2) is 0 Å². The summed E-state index contributed by atoms with van der Waals surface area (Å²) in [6, 6.07) is 5.53. The fourth-order valence-corrected chi connectivity index (χ4v) is 1.55. The number of fused-ring (bicyclic) bond motifs is 1. The Morgan fingerprint density at radius 3 is 3.19 bits per heavy atom. The third-order valence-electron chi connectivity index (χ3n) is 2.45. The fraction of sp³-hybridized carbons (Fsp3) is 0.333. The topological polar surface area (TPSA) is 57.8 Å². The van der Waals surface area contributed by atoms with E-state index in [1.807, 2.05) is 12.1 Å². The van der Waals surface area contributed by atoms with Crippen molar-refractivity contribution in [2.24, 2.45) is 0 Å². The third-order valence-corrected chi connectivity index (χ3v) is 2.45. The number of unbranched alkanes of at least 4 members (excludes halogenated alkanes) is 1. The zero-order valence-electron chi connectivity index (χ0n) is 9.29. The summed E-state index contributed by atoms with van der Waals surface area (Å²) in [5.41, 5.74) is 2.29. The number of nitrogens with one attached hydrogen (secondary N) is 2. The molecule has 0 aliphatic rings. The van der Waals surface area contributed by atoms with Gasteiger partial charge in [0.25, 0.3) is 5.91 Å². The number of hydrogen-bond donors (Lipinski definition) is 2. The molecule has 0 spiro atoms. The molecule has 16 heavy (non-hydrogen) atoms. The fourth-order valence-electron chi connectivity index (χ4n) is 1.55. The molecular formula is C12H15N3O. The first-order valence-corrected chi connectivity index (χ1v) is 5.53. The summed E-state index contributed by atoms with van der Waals surface area (Å²) in [6.45, 7) is 2.82. The lowest BCUT2D eigenvalue weighted by molar-refractivity contribution is 0.0949. The van der Waals surface area contributed by atoms with Gasteiger partial charge in [-0.1, -0.05) is 13.3 Å². The number of carbonyl (C=O) groups excluding carboxylic acids is 1. The molecule has 0 radical (unpaired) electrons. The minimum atomic E-state index is -0.0635. The standard InChI is InChI=1S/C12H15N3O/c1-2-3-6-14-12(16)11-8-10-9(15-11)5-4-7-13-10/h4-5,7-8,15H,2-3,6H2,1H3,(H,14,16). The Labute approximate surface area is 94.1 Å². The Hall–Kier alpha value is -1.84. The van der Waals surface area contributed by atoms with Crippen LogP contribution in [0.25, 0.3) is 11.0 Å². The molecule has 2 heterocycles. The molecular weight excluding hydrogens is 202 g/mol. The van der Waals surface area contributed by atoms with Gasteiger partial charge in [-0.05, 0) is 24.6 Å². The molecule has 2 rings (SSSR count). The summed E-state index contributed by atoms with van der Waals surface area (Å²) in [6.07, 6.45) is 3.80. The molecule has 4 heteroatoms. The van der Waals surface area contributed by atoms with Gasteiger partial charge in [0, 0.05) is 12.7 Å². The van der Waals surface area contributed by atoms with Crippen LogP contribution in [0.1, 0.15) is 30.3 Å². The van der Waals surface area contributed by atoms with Gasteiger partial charge in [-0.15, -0.1) is 0 Å². The number of amides is 1. The molecule has 0 aliphatic heterocycles. The van der Waals surface area contributed by atoms with Gasteiger partial charge in [0.1, 0.15) is 5.69 Å². The Balaban J connectivity index is 2.11. The van der Waals surface area contributed by atoms with Gasteiger partial charge >= 0.3 is 0 Å². The van der Waals surface area contributed by atoms with Gasteiger partial charge in [0.15, 0.2) is 0 Å². The van der Waals surface area contributed by atoms with E-state index in [-0.39, 0.29) is 5.91 Å².